The van der Waals surface area contributed by atoms with E-state index >= 15 is 0 Å². The van der Waals surface area contributed by atoms with E-state index in [1.54, 1.807) is 0 Å². The highest BCUT2D eigenvalue weighted by atomic mass is 127. The maximum Gasteiger partial charge on any atom is 0.167 e. The van der Waals surface area contributed by atoms with Crippen LogP contribution in [0.15, 0.2) is 0 Å². The normalized spacial score (nSPS) is 58.9. The highest BCUT2D eigenvalue weighted by Gasteiger charge is 2.23. The Bertz CT molecular complexity index is 232. The number of halogens is 1. The van der Waals surface area contributed by atoms with Gasteiger partial charge >= 0.3 is 0 Å². The highest BCUT2D eigenvalue weighted by Crippen LogP contribution is 2.12. The molecule has 1 aliphatic rings. The maximum atomic E-state index is 9.02. The number of hydrogen-bond acceptors (Lipinski definition) is 3. The molecule has 0 saturated carbocycles. The van der Waals surface area contributed by atoms with Crippen molar-refractivity contribution in [1.82, 2.24) is 0 Å². The van der Waals surface area contributed by atoms with Gasteiger partial charge in [-0.2, -0.15) is 0 Å². The van der Waals surface area contributed by atoms with Crippen LogP contribution in [-0.4, -0.2) is 35.0 Å². The van der Waals surface area contributed by atoms with Crippen molar-refractivity contribution in [3.05, 3.63) is 0 Å². The Morgan fingerprint density at radius 2 is 2.89 bits per heavy atom. The summed E-state index contributed by atoms with van der Waals surface area (Å²) in [5.41, 5.74) is 0. The van der Waals surface area contributed by atoms with E-state index in [0.29, 0.717) is 0 Å². The van der Waals surface area contributed by atoms with E-state index < -0.39 is 25.5 Å². The first-order valence-electron chi connectivity index (χ1n) is 4.78. The molecule has 2 atom stereocenters. The summed E-state index contributed by atoms with van der Waals surface area (Å²) in [6.07, 6.45) is -3.78. The van der Waals surface area contributed by atoms with Gasteiger partial charge in [-0.05, 0) is 0 Å². The number of alkyl halides is 1. The standard InChI is InChI=1S/C5H9IO3/c6-1-5-8-3-4(2-7)9-5/h4-5,7H,1-3H2/i2D2,3D2,4D. The largest absolute Gasteiger partial charge is 0.394 e. The van der Waals surface area contributed by atoms with Gasteiger partial charge in [0.2, 0.25) is 0 Å². The van der Waals surface area contributed by atoms with Crippen LogP contribution in [0.2, 0.25) is 0 Å². The lowest BCUT2D eigenvalue weighted by atomic mass is 10.4. The second-order valence-electron chi connectivity index (χ2n) is 1.36. The molecular weight excluding hydrogens is 235 g/mol. The second-order valence-corrected chi connectivity index (χ2v) is 2.24. The zero-order valence-electron chi connectivity index (χ0n) is 9.43. The third-order valence-electron chi connectivity index (χ3n) is 0.760. The van der Waals surface area contributed by atoms with Gasteiger partial charge in [-0.25, -0.2) is 0 Å². The van der Waals surface area contributed by atoms with Gasteiger partial charge in [0.15, 0.2) is 6.29 Å². The molecule has 1 N–H and O–H groups in total. The summed E-state index contributed by atoms with van der Waals surface area (Å²) in [5.74, 6) is 0. The molecule has 0 aliphatic carbocycles. The molecule has 3 nitrogen and oxygen atoms in total. The zero-order valence-corrected chi connectivity index (χ0v) is 6.58. The fourth-order valence-corrected chi connectivity index (χ4v) is 0.771. The van der Waals surface area contributed by atoms with Crippen LogP contribution < -0.4 is 0 Å². The fraction of sp³-hybridized carbons (Fsp3) is 1.00. The van der Waals surface area contributed by atoms with Crippen molar-refractivity contribution >= 4 is 22.6 Å². The average molecular weight is 249 g/mol. The van der Waals surface area contributed by atoms with Crippen LogP contribution in [0.3, 0.4) is 0 Å². The predicted molar refractivity (Wildman–Crippen MR) is 40.6 cm³/mol. The predicted octanol–water partition coefficient (Wildman–Crippen LogP) is 0.155. The third kappa shape index (κ3) is 2.03. The number of rotatable bonds is 2. The highest BCUT2D eigenvalue weighted by molar-refractivity contribution is 14.1. The third-order valence-corrected chi connectivity index (χ3v) is 1.48. The fourth-order valence-electron chi connectivity index (χ4n) is 0.411. The molecule has 4 heteroatoms. The van der Waals surface area contributed by atoms with Gasteiger partial charge in [-0.3, -0.25) is 0 Å². The van der Waals surface area contributed by atoms with Gasteiger partial charge in [0, 0.05) is 0 Å². The van der Waals surface area contributed by atoms with Gasteiger partial charge in [0.25, 0.3) is 0 Å². The van der Waals surface area contributed by atoms with Crippen molar-refractivity contribution in [2.24, 2.45) is 0 Å². The van der Waals surface area contributed by atoms with Crippen LogP contribution in [0, 0.1) is 0 Å². The molecule has 0 bridgehead atoms. The minimum absolute atomic E-state index is 0.244. The van der Waals surface area contributed by atoms with Crippen molar-refractivity contribution in [2.75, 3.05) is 17.5 Å². The Balaban J connectivity index is 2.99. The van der Waals surface area contributed by atoms with Crippen LogP contribution in [0.5, 0.6) is 0 Å². The molecule has 0 radical (unpaired) electrons. The Labute approximate surface area is 74.5 Å². The quantitative estimate of drug-likeness (QED) is 0.559. The maximum absolute atomic E-state index is 9.02. The van der Waals surface area contributed by atoms with Crippen LogP contribution in [0.1, 0.15) is 6.85 Å². The van der Waals surface area contributed by atoms with Gasteiger partial charge in [0.05, 0.1) is 24.4 Å². The molecule has 54 valence electrons. The van der Waals surface area contributed by atoms with Gasteiger partial charge in [-0.15, -0.1) is 0 Å². The Morgan fingerprint density at radius 3 is 3.22 bits per heavy atom. The monoisotopic (exact) mass is 249 g/mol. The van der Waals surface area contributed by atoms with Gasteiger partial charge in [-0.1, -0.05) is 22.6 Å². The molecule has 0 aromatic carbocycles. The molecule has 1 saturated heterocycles. The van der Waals surface area contributed by atoms with Crippen molar-refractivity contribution in [2.45, 2.75) is 12.4 Å². The molecule has 2 unspecified atom stereocenters. The SMILES string of the molecule is [2H]C([2H])(O)C1([2H])OC(CI)OC1([2H])[2H]. The summed E-state index contributed by atoms with van der Waals surface area (Å²) in [5, 5.41) is 9.02. The van der Waals surface area contributed by atoms with Crippen LogP contribution in [0.25, 0.3) is 0 Å². The molecular formula is C5H9IO3. The Morgan fingerprint density at radius 1 is 2.11 bits per heavy atom. The van der Waals surface area contributed by atoms with Gasteiger partial charge < -0.3 is 14.6 Å². The lowest BCUT2D eigenvalue weighted by molar-refractivity contribution is -0.0450. The molecule has 0 amide bonds. The molecule has 1 fully saturated rings. The molecule has 1 rings (SSSR count). The van der Waals surface area contributed by atoms with Crippen molar-refractivity contribution in [3.63, 3.8) is 0 Å². The minimum Gasteiger partial charge on any atom is -0.394 e. The summed E-state index contributed by atoms with van der Waals surface area (Å²) in [7, 11) is 0. The first kappa shape index (κ1) is 3.34. The zero-order chi connectivity index (χ0) is 11.2. The smallest absolute Gasteiger partial charge is 0.167 e. The summed E-state index contributed by atoms with van der Waals surface area (Å²) in [6.45, 7) is -5.81. The number of aliphatic hydroxyl groups is 1. The number of hydrogen-bond donors (Lipinski definition) is 1. The summed E-state index contributed by atoms with van der Waals surface area (Å²) in [4.78, 5) is 0. The van der Waals surface area contributed by atoms with Gasteiger partial charge in [0.1, 0.15) is 6.08 Å². The summed E-state index contributed by atoms with van der Waals surface area (Å²) in [6, 6.07) is 0. The number of ether oxygens (including phenoxy) is 2. The second kappa shape index (κ2) is 3.70. The Kier molecular flexibility index (Phi) is 1.37. The van der Waals surface area contributed by atoms with E-state index in [4.69, 9.17) is 16.7 Å². The average Bonchev–Trinajstić information content (AvgIpc) is 2.22. The first-order chi connectivity index (χ1) is 6.14. The van der Waals surface area contributed by atoms with Crippen LogP contribution in [-0.2, 0) is 9.47 Å². The van der Waals surface area contributed by atoms with Crippen molar-refractivity contribution in [3.8, 4) is 0 Å². The molecule has 1 heterocycles. The van der Waals surface area contributed by atoms with Crippen LogP contribution >= 0.6 is 22.6 Å². The minimum atomic E-state index is -3.13. The molecule has 1 aliphatic heterocycles. The lowest BCUT2D eigenvalue weighted by Crippen LogP contribution is -2.16. The summed E-state index contributed by atoms with van der Waals surface area (Å²) >= 11 is 1.85. The Hall–Kier alpha value is 0.610. The van der Waals surface area contributed by atoms with Crippen molar-refractivity contribution in [1.29, 1.82) is 0 Å². The molecule has 0 spiro atoms. The van der Waals surface area contributed by atoms with E-state index in [9.17, 15) is 0 Å². The van der Waals surface area contributed by atoms with E-state index in [-0.39, 0.29) is 4.43 Å². The summed E-state index contributed by atoms with van der Waals surface area (Å²) < 4.78 is 45.4. The van der Waals surface area contributed by atoms with E-state index in [0.717, 1.165) is 0 Å². The molecule has 0 aromatic rings. The molecule has 0 aromatic heterocycles. The molecule has 9 heavy (non-hydrogen) atoms. The van der Waals surface area contributed by atoms with E-state index in [1.807, 2.05) is 22.6 Å². The first-order valence-corrected chi connectivity index (χ1v) is 3.80. The van der Waals surface area contributed by atoms with Crippen molar-refractivity contribution < 1.29 is 21.4 Å². The van der Waals surface area contributed by atoms with E-state index in [1.165, 1.54) is 0 Å². The van der Waals surface area contributed by atoms with Crippen LogP contribution in [0.4, 0.5) is 0 Å². The topological polar surface area (TPSA) is 38.7 Å². The van der Waals surface area contributed by atoms with E-state index in [2.05, 4.69) is 4.74 Å². The lowest BCUT2D eigenvalue weighted by Gasteiger charge is -2.04.